The van der Waals surface area contributed by atoms with Crippen molar-refractivity contribution < 1.29 is 0 Å². The first-order valence-electron chi connectivity index (χ1n) is 16.8. The van der Waals surface area contributed by atoms with Crippen LogP contribution < -0.4 is 0 Å². The lowest BCUT2D eigenvalue weighted by Crippen LogP contribution is -1.95. The molecule has 11 rings (SSSR count). The molecule has 0 bridgehead atoms. The molecule has 3 aromatic heterocycles. The Morgan fingerprint density at radius 1 is 0.367 bits per heavy atom. The van der Waals surface area contributed by atoms with Gasteiger partial charge in [-0.05, 0) is 65.0 Å². The summed E-state index contributed by atoms with van der Waals surface area (Å²) in [4.78, 5) is 0. The quantitative estimate of drug-likeness (QED) is 0.182. The van der Waals surface area contributed by atoms with Gasteiger partial charge in [0.05, 0.1) is 22.1 Å². The molecule has 0 N–H and O–H groups in total. The van der Waals surface area contributed by atoms with Gasteiger partial charge in [0.25, 0.3) is 0 Å². The van der Waals surface area contributed by atoms with Crippen LogP contribution in [-0.2, 0) is 0 Å². The number of benzene rings is 8. The van der Waals surface area contributed by atoms with Gasteiger partial charge in [-0.2, -0.15) is 0 Å². The zero-order valence-electron chi connectivity index (χ0n) is 26.5. The minimum atomic E-state index is 1.16. The number of hydrogen-bond donors (Lipinski definition) is 0. The van der Waals surface area contributed by atoms with Crippen LogP contribution >= 0.6 is 11.3 Å². The van der Waals surface area contributed by atoms with E-state index in [0.29, 0.717) is 0 Å². The summed E-state index contributed by atoms with van der Waals surface area (Å²) in [5.41, 5.74) is 9.76. The average Bonchev–Trinajstić information content (AvgIpc) is 3.83. The van der Waals surface area contributed by atoms with Gasteiger partial charge in [0.2, 0.25) is 0 Å². The van der Waals surface area contributed by atoms with Crippen LogP contribution in [0.2, 0.25) is 0 Å². The molecule has 0 aliphatic carbocycles. The van der Waals surface area contributed by atoms with Crippen LogP contribution in [0.1, 0.15) is 0 Å². The summed E-state index contributed by atoms with van der Waals surface area (Å²) in [6, 6.07) is 62.3. The van der Waals surface area contributed by atoms with Crippen molar-refractivity contribution in [1.29, 1.82) is 0 Å². The third-order valence-corrected chi connectivity index (χ3v) is 11.5. The number of rotatable bonds is 3. The molecule has 0 aliphatic heterocycles. The normalized spacial score (nSPS) is 12.1. The summed E-state index contributed by atoms with van der Waals surface area (Å²) in [6.45, 7) is 0. The average molecular weight is 641 g/mol. The third-order valence-electron chi connectivity index (χ3n) is 10.3. The summed E-state index contributed by atoms with van der Waals surface area (Å²) in [5.74, 6) is 0. The zero-order chi connectivity index (χ0) is 32.1. The molecule has 0 amide bonds. The van der Waals surface area contributed by atoms with Crippen LogP contribution in [0.5, 0.6) is 0 Å². The second-order valence-electron chi connectivity index (χ2n) is 12.9. The Kier molecular flexibility index (Phi) is 5.57. The minimum Gasteiger partial charge on any atom is -0.309 e. The van der Waals surface area contributed by atoms with E-state index in [2.05, 4.69) is 179 Å². The number of thiophene rings is 1. The smallest absolute Gasteiger partial charge is 0.0619 e. The van der Waals surface area contributed by atoms with Crippen molar-refractivity contribution in [3.05, 3.63) is 170 Å². The summed E-state index contributed by atoms with van der Waals surface area (Å²) >= 11 is 1.89. The first-order valence-corrected chi connectivity index (χ1v) is 17.6. The lowest BCUT2D eigenvalue weighted by atomic mass is 10.0. The van der Waals surface area contributed by atoms with Crippen LogP contribution in [0.3, 0.4) is 0 Å². The van der Waals surface area contributed by atoms with Gasteiger partial charge >= 0.3 is 0 Å². The van der Waals surface area contributed by atoms with Gasteiger partial charge in [-0.3, -0.25) is 0 Å². The van der Waals surface area contributed by atoms with E-state index in [0.717, 1.165) is 5.69 Å². The van der Waals surface area contributed by atoms with Crippen LogP contribution in [0, 0.1) is 0 Å². The van der Waals surface area contributed by atoms with Crippen molar-refractivity contribution >= 4 is 85.9 Å². The molecule has 0 atom stereocenters. The van der Waals surface area contributed by atoms with Gasteiger partial charge in [-0.15, -0.1) is 11.3 Å². The van der Waals surface area contributed by atoms with Crippen LogP contribution in [0.4, 0.5) is 0 Å². The number of fused-ring (bicyclic) bond motifs is 12. The lowest BCUT2D eigenvalue weighted by Gasteiger charge is -2.12. The maximum Gasteiger partial charge on any atom is 0.0619 e. The van der Waals surface area contributed by atoms with Crippen molar-refractivity contribution in [2.45, 2.75) is 0 Å². The molecule has 0 fully saturated rings. The van der Waals surface area contributed by atoms with Crippen molar-refractivity contribution in [2.75, 3.05) is 0 Å². The number of aromatic nitrogens is 2. The largest absolute Gasteiger partial charge is 0.309 e. The van der Waals surface area contributed by atoms with Gasteiger partial charge in [-0.25, -0.2) is 0 Å². The van der Waals surface area contributed by atoms with E-state index < -0.39 is 0 Å². The number of hydrogen-bond acceptors (Lipinski definition) is 1. The van der Waals surface area contributed by atoms with Gasteiger partial charge in [0.15, 0.2) is 0 Å². The van der Waals surface area contributed by atoms with E-state index in [9.17, 15) is 0 Å². The Labute approximate surface area is 286 Å². The predicted octanol–water partition coefficient (Wildman–Crippen LogP) is 13.1. The fourth-order valence-electron chi connectivity index (χ4n) is 8.21. The SMILES string of the molecule is c1ccc(-n2c3ccccc3c3c4c5ccc6ccccc6c5n(-c5ccc(-c6cccc7c6sc6ccccc67)cc5)c4ccc32)cc1. The van der Waals surface area contributed by atoms with Crippen molar-refractivity contribution in [3.8, 4) is 22.5 Å². The fraction of sp³-hybridized carbons (Fsp3) is 0. The molecule has 2 nitrogen and oxygen atoms in total. The molecule has 0 aliphatic rings. The predicted molar refractivity (Wildman–Crippen MR) is 211 cm³/mol. The summed E-state index contributed by atoms with van der Waals surface area (Å²) in [5, 5.41) is 10.3. The molecular formula is C46H28N2S. The first-order chi connectivity index (χ1) is 24.3. The van der Waals surface area contributed by atoms with Crippen LogP contribution in [0.15, 0.2) is 170 Å². The van der Waals surface area contributed by atoms with E-state index in [4.69, 9.17) is 0 Å². The second-order valence-corrected chi connectivity index (χ2v) is 13.9. The van der Waals surface area contributed by atoms with Crippen molar-refractivity contribution in [3.63, 3.8) is 0 Å². The highest BCUT2D eigenvalue weighted by molar-refractivity contribution is 7.26. The topological polar surface area (TPSA) is 9.86 Å². The van der Waals surface area contributed by atoms with Gasteiger partial charge in [-0.1, -0.05) is 121 Å². The Morgan fingerprint density at radius 2 is 1.02 bits per heavy atom. The van der Waals surface area contributed by atoms with E-state index in [1.807, 2.05) is 11.3 Å². The van der Waals surface area contributed by atoms with Gasteiger partial charge < -0.3 is 9.13 Å². The molecule has 0 saturated carbocycles. The molecule has 0 spiro atoms. The van der Waals surface area contributed by atoms with E-state index in [1.165, 1.54) is 91.4 Å². The molecule has 8 aromatic carbocycles. The molecule has 0 unspecified atom stereocenters. The summed E-state index contributed by atoms with van der Waals surface area (Å²) < 4.78 is 7.58. The Balaban J connectivity index is 1.21. The van der Waals surface area contributed by atoms with Crippen molar-refractivity contribution in [2.24, 2.45) is 0 Å². The molecule has 49 heavy (non-hydrogen) atoms. The third kappa shape index (κ3) is 3.76. The second kappa shape index (κ2) is 10.2. The highest BCUT2D eigenvalue weighted by Gasteiger charge is 2.22. The van der Waals surface area contributed by atoms with Gasteiger partial charge in [0, 0.05) is 58.5 Å². The Morgan fingerprint density at radius 3 is 1.88 bits per heavy atom. The summed E-state index contributed by atoms with van der Waals surface area (Å²) in [7, 11) is 0. The molecule has 11 aromatic rings. The monoisotopic (exact) mass is 640 g/mol. The van der Waals surface area contributed by atoms with E-state index >= 15 is 0 Å². The summed E-state index contributed by atoms with van der Waals surface area (Å²) in [6.07, 6.45) is 0. The van der Waals surface area contributed by atoms with Crippen LogP contribution in [-0.4, -0.2) is 9.13 Å². The molecular weight excluding hydrogens is 613 g/mol. The van der Waals surface area contributed by atoms with Gasteiger partial charge in [0.1, 0.15) is 0 Å². The Bertz CT molecular complexity index is 3090. The van der Waals surface area contributed by atoms with E-state index in [-0.39, 0.29) is 0 Å². The van der Waals surface area contributed by atoms with Crippen molar-refractivity contribution in [1.82, 2.24) is 9.13 Å². The fourth-order valence-corrected chi connectivity index (χ4v) is 9.45. The Hall–Kier alpha value is -6.16. The maximum atomic E-state index is 2.49. The maximum absolute atomic E-state index is 2.49. The highest BCUT2D eigenvalue weighted by atomic mass is 32.1. The zero-order valence-corrected chi connectivity index (χ0v) is 27.3. The van der Waals surface area contributed by atoms with E-state index in [1.54, 1.807) is 0 Å². The molecule has 3 heteroatoms. The minimum absolute atomic E-state index is 1.16. The molecule has 0 saturated heterocycles. The van der Waals surface area contributed by atoms with Crippen LogP contribution in [0.25, 0.3) is 97.1 Å². The number of para-hydroxylation sites is 2. The highest BCUT2D eigenvalue weighted by Crippen LogP contribution is 2.45. The lowest BCUT2D eigenvalue weighted by molar-refractivity contribution is 1.17. The molecule has 0 radical (unpaired) electrons. The number of nitrogens with zero attached hydrogens (tertiary/aromatic N) is 2. The standard InChI is InChI=1S/C46H28N2S/c1-2-12-31(13-3-1)47-39-19-8-6-16-37(39)43-40(47)27-28-41-44(43)38-26-23-29-11-4-5-14-33(29)45(38)48(41)32-24-21-30(22-25-32)34-17-10-18-36-35-15-7-9-20-42(35)49-46(34)36/h1-28H. The molecule has 228 valence electrons. The molecule has 3 heterocycles. The first kappa shape index (κ1) is 26.9.